The third kappa shape index (κ3) is 4.34. The molecule has 4 fully saturated rings. The molecular weight excluding hydrogens is 442 g/mol. The molecule has 7 heteroatoms. The molecule has 4 saturated carbocycles. The van der Waals surface area contributed by atoms with Gasteiger partial charge in [0.25, 0.3) is 0 Å². The SMILES string of the molecule is CCCCN1C(=O)N[C@@H](c2cccc(NC(=O)C34CC5CC(CC(C5)C3)C4)c2)C(C(=O)OC)=C1C. The van der Waals surface area contributed by atoms with E-state index in [4.69, 9.17) is 4.74 Å². The quantitative estimate of drug-likeness (QED) is 0.529. The molecule has 35 heavy (non-hydrogen) atoms. The van der Waals surface area contributed by atoms with Crippen molar-refractivity contribution in [3.05, 3.63) is 41.1 Å². The molecule has 1 heterocycles. The number of benzene rings is 1. The number of methoxy groups -OCH3 is 1. The van der Waals surface area contributed by atoms with E-state index in [0.29, 0.717) is 41.3 Å². The first kappa shape index (κ1) is 23.9. The molecule has 5 aliphatic rings. The Bertz CT molecular complexity index is 1030. The van der Waals surface area contributed by atoms with E-state index >= 15 is 0 Å². The molecule has 2 N–H and O–H groups in total. The lowest BCUT2D eigenvalue weighted by Gasteiger charge is -2.55. The van der Waals surface area contributed by atoms with Crippen LogP contribution in [-0.4, -0.2) is 36.5 Å². The van der Waals surface area contributed by atoms with Crippen molar-refractivity contribution in [3.8, 4) is 0 Å². The average molecular weight is 480 g/mol. The zero-order valence-electron chi connectivity index (χ0n) is 21.1. The number of nitrogens with zero attached hydrogens (tertiary/aromatic N) is 1. The second kappa shape index (κ2) is 9.32. The van der Waals surface area contributed by atoms with Crippen molar-refractivity contribution in [2.75, 3.05) is 19.0 Å². The fraction of sp³-hybridized carbons (Fsp3) is 0.607. The average Bonchev–Trinajstić information content (AvgIpc) is 2.82. The monoisotopic (exact) mass is 479 g/mol. The van der Waals surface area contributed by atoms with Crippen LogP contribution in [0, 0.1) is 23.2 Å². The summed E-state index contributed by atoms with van der Waals surface area (Å²) >= 11 is 0. The largest absolute Gasteiger partial charge is 0.466 e. The van der Waals surface area contributed by atoms with Gasteiger partial charge < -0.3 is 15.4 Å². The molecule has 6 rings (SSSR count). The summed E-state index contributed by atoms with van der Waals surface area (Å²) in [6.45, 7) is 4.41. The fourth-order valence-electron chi connectivity index (χ4n) is 7.44. The van der Waals surface area contributed by atoms with E-state index in [1.54, 1.807) is 11.8 Å². The second-order valence-electron chi connectivity index (χ2n) is 11.2. The van der Waals surface area contributed by atoms with E-state index in [-0.39, 0.29) is 17.4 Å². The van der Waals surface area contributed by atoms with Crippen LogP contribution in [0.15, 0.2) is 35.5 Å². The van der Waals surface area contributed by atoms with Crippen LogP contribution in [0.3, 0.4) is 0 Å². The predicted molar refractivity (Wildman–Crippen MR) is 133 cm³/mol. The molecule has 0 radical (unpaired) electrons. The number of hydrogen-bond acceptors (Lipinski definition) is 4. The minimum absolute atomic E-state index is 0.132. The van der Waals surface area contributed by atoms with Crippen LogP contribution in [0.25, 0.3) is 0 Å². The van der Waals surface area contributed by atoms with Crippen molar-refractivity contribution in [1.82, 2.24) is 10.2 Å². The number of ether oxygens (including phenoxy) is 1. The topological polar surface area (TPSA) is 87.7 Å². The Balaban J connectivity index is 1.40. The van der Waals surface area contributed by atoms with Gasteiger partial charge in [-0.2, -0.15) is 0 Å². The van der Waals surface area contributed by atoms with Gasteiger partial charge in [0.1, 0.15) is 0 Å². The molecule has 7 nitrogen and oxygen atoms in total. The Morgan fingerprint density at radius 3 is 2.40 bits per heavy atom. The smallest absolute Gasteiger partial charge is 0.337 e. The van der Waals surface area contributed by atoms with Crippen molar-refractivity contribution < 1.29 is 19.1 Å². The molecule has 1 aliphatic heterocycles. The van der Waals surface area contributed by atoms with Crippen LogP contribution >= 0.6 is 0 Å². The molecule has 1 aromatic rings. The number of hydrogen-bond donors (Lipinski definition) is 2. The van der Waals surface area contributed by atoms with Crippen LogP contribution in [0.5, 0.6) is 0 Å². The predicted octanol–water partition coefficient (Wildman–Crippen LogP) is 5.15. The summed E-state index contributed by atoms with van der Waals surface area (Å²) in [4.78, 5) is 40.9. The number of unbranched alkanes of at least 4 members (excludes halogenated alkanes) is 1. The van der Waals surface area contributed by atoms with Gasteiger partial charge in [0.15, 0.2) is 0 Å². The normalized spacial score (nSPS) is 31.4. The van der Waals surface area contributed by atoms with E-state index in [2.05, 4.69) is 17.6 Å². The Hall–Kier alpha value is -2.83. The molecule has 3 amide bonds. The standard InChI is InChI=1S/C28H37N3O4/c1-4-5-9-31-17(2)23(25(32)35-3)24(30-27(31)34)21-7-6-8-22(13-21)29-26(33)28-14-18-10-19(15-28)12-20(11-18)16-28/h6-8,13,18-20,24H,4-5,9-12,14-16H2,1-3H3,(H,29,33)(H,30,34)/t18?,19?,20?,24-,28?/m0/s1. The lowest BCUT2D eigenvalue weighted by Crippen LogP contribution is -2.51. The lowest BCUT2D eigenvalue weighted by molar-refractivity contribution is -0.140. The van der Waals surface area contributed by atoms with Crippen molar-refractivity contribution in [3.63, 3.8) is 0 Å². The van der Waals surface area contributed by atoms with Crippen LogP contribution in [0.1, 0.15) is 76.8 Å². The summed E-state index contributed by atoms with van der Waals surface area (Å²) in [6.07, 6.45) is 8.68. The minimum Gasteiger partial charge on any atom is -0.466 e. The summed E-state index contributed by atoms with van der Waals surface area (Å²) in [5, 5.41) is 6.19. The molecule has 0 spiro atoms. The number of urea groups is 1. The van der Waals surface area contributed by atoms with E-state index in [9.17, 15) is 14.4 Å². The highest BCUT2D eigenvalue weighted by atomic mass is 16.5. The third-order valence-corrected chi connectivity index (χ3v) is 8.73. The van der Waals surface area contributed by atoms with Crippen LogP contribution in [0.2, 0.25) is 0 Å². The summed E-state index contributed by atoms with van der Waals surface area (Å²) < 4.78 is 5.09. The number of allylic oxidation sites excluding steroid dienone is 1. The Labute approximate surface area is 207 Å². The maximum atomic E-state index is 13.5. The van der Waals surface area contributed by atoms with Crippen LogP contribution < -0.4 is 10.6 Å². The number of anilines is 1. The molecule has 4 bridgehead atoms. The van der Waals surface area contributed by atoms with Gasteiger partial charge in [0, 0.05) is 17.9 Å². The van der Waals surface area contributed by atoms with Crippen LogP contribution in [0.4, 0.5) is 10.5 Å². The summed E-state index contributed by atoms with van der Waals surface area (Å²) in [5.74, 6) is 1.76. The molecule has 0 unspecified atom stereocenters. The van der Waals surface area contributed by atoms with Crippen molar-refractivity contribution in [2.24, 2.45) is 23.2 Å². The number of carbonyl (C=O) groups excluding carboxylic acids is 3. The van der Waals surface area contributed by atoms with Gasteiger partial charge in [-0.15, -0.1) is 0 Å². The van der Waals surface area contributed by atoms with Gasteiger partial charge in [-0.05, 0) is 87.3 Å². The van der Waals surface area contributed by atoms with Gasteiger partial charge in [-0.3, -0.25) is 9.69 Å². The summed E-state index contributed by atoms with van der Waals surface area (Å²) in [7, 11) is 1.36. The van der Waals surface area contributed by atoms with Crippen LogP contribution in [-0.2, 0) is 14.3 Å². The molecule has 0 saturated heterocycles. The lowest BCUT2D eigenvalue weighted by atomic mass is 9.49. The van der Waals surface area contributed by atoms with Gasteiger partial charge in [-0.25, -0.2) is 9.59 Å². The van der Waals surface area contributed by atoms with Crippen molar-refractivity contribution >= 4 is 23.6 Å². The molecular formula is C28H37N3O4. The van der Waals surface area contributed by atoms with E-state index < -0.39 is 12.0 Å². The highest BCUT2D eigenvalue weighted by Gasteiger charge is 2.54. The second-order valence-corrected chi connectivity index (χ2v) is 11.2. The van der Waals surface area contributed by atoms with Gasteiger partial charge in [0.05, 0.1) is 24.1 Å². The molecule has 1 atom stereocenters. The zero-order chi connectivity index (χ0) is 24.7. The maximum absolute atomic E-state index is 13.5. The summed E-state index contributed by atoms with van der Waals surface area (Å²) in [6, 6.07) is 6.64. The van der Waals surface area contributed by atoms with E-state index in [0.717, 1.165) is 37.7 Å². The molecule has 1 aromatic carbocycles. The highest BCUT2D eigenvalue weighted by Crippen LogP contribution is 2.60. The van der Waals surface area contributed by atoms with Gasteiger partial charge in [0.2, 0.25) is 5.91 Å². The Morgan fingerprint density at radius 2 is 1.80 bits per heavy atom. The summed E-state index contributed by atoms with van der Waals surface area (Å²) in [5.41, 5.74) is 2.25. The van der Waals surface area contributed by atoms with Crippen molar-refractivity contribution in [1.29, 1.82) is 0 Å². The maximum Gasteiger partial charge on any atom is 0.337 e. The third-order valence-electron chi connectivity index (χ3n) is 8.73. The van der Waals surface area contributed by atoms with Gasteiger partial charge in [-0.1, -0.05) is 25.5 Å². The number of nitrogens with one attached hydrogen (secondary N) is 2. The minimum atomic E-state index is -0.635. The number of amides is 3. The van der Waals surface area contributed by atoms with Gasteiger partial charge >= 0.3 is 12.0 Å². The first-order chi connectivity index (χ1) is 16.8. The Kier molecular flexibility index (Phi) is 6.36. The van der Waals surface area contributed by atoms with Crippen molar-refractivity contribution in [2.45, 2.75) is 71.3 Å². The zero-order valence-corrected chi connectivity index (χ0v) is 21.1. The molecule has 188 valence electrons. The van der Waals surface area contributed by atoms with E-state index in [1.807, 2.05) is 24.3 Å². The highest BCUT2D eigenvalue weighted by molar-refractivity contribution is 5.97. The number of carbonyl (C=O) groups is 3. The number of rotatable bonds is 7. The fourth-order valence-corrected chi connectivity index (χ4v) is 7.44. The molecule has 0 aromatic heterocycles. The Morgan fingerprint density at radius 1 is 1.14 bits per heavy atom. The number of esters is 1. The first-order valence-corrected chi connectivity index (χ1v) is 13.1. The first-order valence-electron chi connectivity index (χ1n) is 13.1. The van der Waals surface area contributed by atoms with E-state index in [1.165, 1.54) is 26.4 Å². The molecule has 4 aliphatic carbocycles.